The average molecular weight is 228 g/mol. The lowest BCUT2D eigenvalue weighted by atomic mass is 9.82. The average Bonchev–Trinajstić information content (AvgIpc) is 2.22. The van der Waals surface area contributed by atoms with Crippen molar-refractivity contribution in [3.63, 3.8) is 0 Å². The minimum atomic E-state index is 0.483. The van der Waals surface area contributed by atoms with Crippen molar-refractivity contribution >= 4 is 0 Å². The van der Waals surface area contributed by atoms with Gasteiger partial charge in [0.25, 0.3) is 0 Å². The van der Waals surface area contributed by atoms with Crippen molar-refractivity contribution in [2.75, 3.05) is 39.9 Å². The SMILES string of the molecule is CCNC(COC)CN1CCC(C)(C)CC1. The Hall–Kier alpha value is -0.120. The van der Waals surface area contributed by atoms with Gasteiger partial charge >= 0.3 is 0 Å². The molecular weight excluding hydrogens is 200 g/mol. The molecule has 0 saturated carbocycles. The van der Waals surface area contributed by atoms with E-state index in [9.17, 15) is 0 Å². The van der Waals surface area contributed by atoms with Gasteiger partial charge in [-0.25, -0.2) is 0 Å². The first kappa shape index (κ1) is 13.9. The number of hydrogen-bond donors (Lipinski definition) is 1. The summed E-state index contributed by atoms with van der Waals surface area (Å²) in [4.78, 5) is 2.57. The van der Waals surface area contributed by atoms with E-state index in [2.05, 4.69) is 31.0 Å². The number of likely N-dealkylation sites (N-methyl/N-ethyl adjacent to an activating group) is 1. The highest BCUT2D eigenvalue weighted by Gasteiger charge is 2.26. The van der Waals surface area contributed by atoms with Crippen molar-refractivity contribution in [3.05, 3.63) is 0 Å². The standard InChI is InChI=1S/C13H28N2O/c1-5-14-12(11-16-4)10-15-8-6-13(2,3)7-9-15/h12,14H,5-11H2,1-4H3. The van der Waals surface area contributed by atoms with E-state index < -0.39 is 0 Å². The van der Waals surface area contributed by atoms with Gasteiger partial charge in [0.1, 0.15) is 0 Å². The van der Waals surface area contributed by atoms with Gasteiger partial charge in [-0.1, -0.05) is 20.8 Å². The number of nitrogens with zero attached hydrogens (tertiary/aromatic N) is 1. The van der Waals surface area contributed by atoms with Gasteiger partial charge in [0.15, 0.2) is 0 Å². The third-order valence-electron chi connectivity index (χ3n) is 3.55. The van der Waals surface area contributed by atoms with Gasteiger partial charge in [0, 0.05) is 19.7 Å². The van der Waals surface area contributed by atoms with E-state index in [0.717, 1.165) is 19.7 Å². The molecule has 1 saturated heterocycles. The molecule has 0 bridgehead atoms. The Balaban J connectivity index is 2.30. The van der Waals surface area contributed by atoms with Crippen LogP contribution in [0.2, 0.25) is 0 Å². The smallest absolute Gasteiger partial charge is 0.0628 e. The fraction of sp³-hybridized carbons (Fsp3) is 1.00. The number of methoxy groups -OCH3 is 1. The maximum atomic E-state index is 5.25. The van der Waals surface area contributed by atoms with E-state index in [0.29, 0.717) is 11.5 Å². The highest BCUT2D eigenvalue weighted by molar-refractivity contribution is 4.81. The summed E-state index contributed by atoms with van der Waals surface area (Å²) in [5.74, 6) is 0. The quantitative estimate of drug-likeness (QED) is 0.749. The molecule has 1 N–H and O–H groups in total. The van der Waals surface area contributed by atoms with Crippen LogP contribution in [-0.4, -0.2) is 50.8 Å². The molecule has 1 aliphatic rings. The number of piperidine rings is 1. The van der Waals surface area contributed by atoms with E-state index in [1.54, 1.807) is 7.11 Å². The summed E-state index contributed by atoms with van der Waals surface area (Å²) in [6.07, 6.45) is 2.64. The fourth-order valence-electron chi connectivity index (χ4n) is 2.32. The van der Waals surface area contributed by atoms with Crippen LogP contribution in [0.3, 0.4) is 0 Å². The monoisotopic (exact) mass is 228 g/mol. The molecule has 96 valence electrons. The Bertz CT molecular complexity index is 178. The first-order chi connectivity index (χ1) is 7.57. The number of hydrogen-bond acceptors (Lipinski definition) is 3. The van der Waals surface area contributed by atoms with Crippen molar-refractivity contribution in [1.82, 2.24) is 10.2 Å². The molecular formula is C13H28N2O. The molecule has 0 aromatic heterocycles. The van der Waals surface area contributed by atoms with Crippen LogP contribution in [0, 0.1) is 5.41 Å². The van der Waals surface area contributed by atoms with Crippen LogP contribution in [0.4, 0.5) is 0 Å². The molecule has 3 heteroatoms. The van der Waals surface area contributed by atoms with E-state index in [-0.39, 0.29) is 0 Å². The first-order valence-electron chi connectivity index (χ1n) is 6.52. The van der Waals surface area contributed by atoms with Crippen molar-refractivity contribution in [2.45, 2.75) is 39.7 Å². The highest BCUT2D eigenvalue weighted by atomic mass is 16.5. The molecule has 1 aliphatic heterocycles. The molecule has 1 atom stereocenters. The van der Waals surface area contributed by atoms with Gasteiger partial charge in [-0.05, 0) is 37.9 Å². The molecule has 0 aromatic carbocycles. The molecule has 3 nitrogen and oxygen atoms in total. The Morgan fingerprint density at radius 2 is 1.94 bits per heavy atom. The van der Waals surface area contributed by atoms with Gasteiger partial charge in [0.2, 0.25) is 0 Å². The molecule has 1 heterocycles. The predicted molar refractivity (Wildman–Crippen MR) is 68.8 cm³/mol. The lowest BCUT2D eigenvalue weighted by molar-refractivity contribution is 0.0970. The van der Waals surface area contributed by atoms with Crippen molar-refractivity contribution in [2.24, 2.45) is 5.41 Å². The number of rotatable bonds is 6. The molecule has 0 amide bonds. The predicted octanol–water partition coefficient (Wildman–Crippen LogP) is 1.73. The van der Waals surface area contributed by atoms with Gasteiger partial charge < -0.3 is 15.0 Å². The Morgan fingerprint density at radius 3 is 2.44 bits per heavy atom. The van der Waals surface area contributed by atoms with Crippen LogP contribution in [0.5, 0.6) is 0 Å². The molecule has 0 aromatic rings. The number of likely N-dealkylation sites (tertiary alicyclic amines) is 1. The third kappa shape index (κ3) is 4.81. The summed E-state index contributed by atoms with van der Waals surface area (Å²) in [6, 6.07) is 0.483. The van der Waals surface area contributed by atoms with Crippen molar-refractivity contribution < 1.29 is 4.74 Å². The van der Waals surface area contributed by atoms with E-state index in [1.807, 2.05) is 0 Å². The molecule has 1 fully saturated rings. The summed E-state index contributed by atoms with van der Waals surface area (Å²) in [6.45, 7) is 12.3. The first-order valence-corrected chi connectivity index (χ1v) is 6.52. The van der Waals surface area contributed by atoms with Crippen LogP contribution < -0.4 is 5.32 Å². The molecule has 0 radical (unpaired) electrons. The summed E-state index contributed by atoms with van der Waals surface area (Å²) in [5.41, 5.74) is 0.547. The van der Waals surface area contributed by atoms with Crippen molar-refractivity contribution in [3.8, 4) is 0 Å². The highest BCUT2D eigenvalue weighted by Crippen LogP contribution is 2.29. The Kier molecular flexibility index (Phi) is 5.73. The maximum absolute atomic E-state index is 5.25. The van der Waals surface area contributed by atoms with E-state index >= 15 is 0 Å². The summed E-state index contributed by atoms with van der Waals surface area (Å²) >= 11 is 0. The third-order valence-corrected chi connectivity index (χ3v) is 3.55. The summed E-state index contributed by atoms with van der Waals surface area (Å²) in [5, 5.41) is 3.48. The second kappa shape index (κ2) is 6.58. The zero-order valence-corrected chi connectivity index (χ0v) is 11.4. The maximum Gasteiger partial charge on any atom is 0.0628 e. The second-order valence-corrected chi connectivity index (χ2v) is 5.67. The molecule has 1 rings (SSSR count). The lowest BCUT2D eigenvalue weighted by Crippen LogP contribution is -2.47. The minimum absolute atomic E-state index is 0.483. The Morgan fingerprint density at radius 1 is 1.31 bits per heavy atom. The summed E-state index contributed by atoms with van der Waals surface area (Å²) in [7, 11) is 1.78. The largest absolute Gasteiger partial charge is 0.383 e. The van der Waals surface area contributed by atoms with Gasteiger partial charge in [-0.3, -0.25) is 0 Å². The second-order valence-electron chi connectivity index (χ2n) is 5.67. The molecule has 1 unspecified atom stereocenters. The van der Waals surface area contributed by atoms with Crippen LogP contribution in [0.15, 0.2) is 0 Å². The normalized spacial score (nSPS) is 23.2. The van der Waals surface area contributed by atoms with Gasteiger partial charge in [0.05, 0.1) is 6.61 Å². The van der Waals surface area contributed by atoms with E-state index in [1.165, 1.54) is 25.9 Å². The molecule has 16 heavy (non-hydrogen) atoms. The number of ether oxygens (including phenoxy) is 1. The van der Waals surface area contributed by atoms with Gasteiger partial charge in [-0.15, -0.1) is 0 Å². The van der Waals surface area contributed by atoms with Crippen LogP contribution >= 0.6 is 0 Å². The topological polar surface area (TPSA) is 24.5 Å². The fourth-order valence-corrected chi connectivity index (χ4v) is 2.32. The zero-order chi connectivity index (χ0) is 12.0. The minimum Gasteiger partial charge on any atom is -0.383 e. The van der Waals surface area contributed by atoms with Gasteiger partial charge in [-0.2, -0.15) is 0 Å². The van der Waals surface area contributed by atoms with Crippen molar-refractivity contribution in [1.29, 1.82) is 0 Å². The molecule has 0 aliphatic carbocycles. The van der Waals surface area contributed by atoms with Crippen LogP contribution in [-0.2, 0) is 4.74 Å². The Labute approximate surface area is 101 Å². The van der Waals surface area contributed by atoms with Crippen LogP contribution in [0.1, 0.15) is 33.6 Å². The zero-order valence-electron chi connectivity index (χ0n) is 11.4. The van der Waals surface area contributed by atoms with E-state index in [4.69, 9.17) is 4.74 Å². The molecule has 0 spiro atoms. The lowest BCUT2D eigenvalue weighted by Gasteiger charge is -2.38. The number of nitrogens with one attached hydrogen (secondary N) is 1. The van der Waals surface area contributed by atoms with Crippen LogP contribution in [0.25, 0.3) is 0 Å². The summed E-state index contributed by atoms with van der Waals surface area (Å²) < 4.78 is 5.25.